The summed E-state index contributed by atoms with van der Waals surface area (Å²) in [6.07, 6.45) is 1.75. The SMILES string of the molecule is FCCNCc1ncc(Br)s1. The van der Waals surface area contributed by atoms with Crippen LogP contribution in [0, 0.1) is 0 Å². The zero-order valence-corrected chi connectivity index (χ0v) is 8.21. The summed E-state index contributed by atoms with van der Waals surface area (Å²) in [5, 5.41) is 3.89. The van der Waals surface area contributed by atoms with Crippen molar-refractivity contribution >= 4 is 27.3 Å². The van der Waals surface area contributed by atoms with Crippen molar-refractivity contribution in [2.24, 2.45) is 0 Å². The van der Waals surface area contributed by atoms with E-state index < -0.39 is 0 Å². The summed E-state index contributed by atoms with van der Waals surface area (Å²) < 4.78 is 12.6. The maximum atomic E-state index is 11.6. The lowest BCUT2D eigenvalue weighted by molar-refractivity contribution is 0.466. The van der Waals surface area contributed by atoms with E-state index in [1.807, 2.05) is 0 Å². The Bertz CT molecular complexity index is 216. The summed E-state index contributed by atoms with van der Waals surface area (Å²) >= 11 is 4.85. The van der Waals surface area contributed by atoms with Gasteiger partial charge < -0.3 is 5.32 Å². The molecule has 5 heteroatoms. The van der Waals surface area contributed by atoms with Crippen molar-refractivity contribution in [2.75, 3.05) is 13.2 Å². The Kier molecular flexibility index (Phi) is 3.96. The first-order chi connectivity index (χ1) is 5.33. The molecule has 0 saturated carbocycles. The van der Waals surface area contributed by atoms with Crippen LogP contribution in [-0.2, 0) is 6.54 Å². The van der Waals surface area contributed by atoms with Gasteiger partial charge in [0.05, 0.1) is 9.98 Å². The van der Waals surface area contributed by atoms with Crippen LogP contribution in [0.2, 0.25) is 0 Å². The zero-order chi connectivity index (χ0) is 8.10. The van der Waals surface area contributed by atoms with E-state index in [1.165, 1.54) is 0 Å². The van der Waals surface area contributed by atoms with E-state index in [0.29, 0.717) is 13.1 Å². The highest BCUT2D eigenvalue weighted by atomic mass is 79.9. The predicted octanol–water partition coefficient (Wildman–Crippen LogP) is 1.96. The number of nitrogens with zero attached hydrogens (tertiary/aromatic N) is 1. The molecule has 0 aliphatic heterocycles. The summed E-state index contributed by atoms with van der Waals surface area (Å²) in [6.45, 7) is 0.726. The smallest absolute Gasteiger partial charge is 0.107 e. The fourth-order valence-corrected chi connectivity index (χ4v) is 1.90. The predicted molar refractivity (Wildman–Crippen MR) is 47.5 cm³/mol. The van der Waals surface area contributed by atoms with Crippen LogP contribution in [0.1, 0.15) is 5.01 Å². The molecule has 0 aromatic carbocycles. The highest BCUT2D eigenvalue weighted by Gasteiger charge is 1.97. The molecule has 0 aliphatic rings. The Balaban J connectivity index is 2.27. The van der Waals surface area contributed by atoms with E-state index in [1.54, 1.807) is 17.5 Å². The molecule has 0 radical (unpaired) electrons. The molecule has 0 saturated heterocycles. The van der Waals surface area contributed by atoms with Crippen LogP contribution in [0.5, 0.6) is 0 Å². The Hall–Kier alpha value is -0.0000000000000000833. The quantitative estimate of drug-likeness (QED) is 0.812. The topological polar surface area (TPSA) is 24.9 Å². The standard InChI is InChI=1S/C6H8BrFN2S/c7-5-3-10-6(11-5)4-9-2-1-8/h3,9H,1-2,4H2. The molecule has 11 heavy (non-hydrogen) atoms. The van der Waals surface area contributed by atoms with Gasteiger partial charge in [-0.2, -0.15) is 0 Å². The number of hydrogen-bond acceptors (Lipinski definition) is 3. The second-order valence-corrected chi connectivity index (χ2v) is 4.42. The lowest BCUT2D eigenvalue weighted by Gasteiger charge is -1.95. The first-order valence-corrected chi connectivity index (χ1v) is 4.81. The molecule has 62 valence electrons. The van der Waals surface area contributed by atoms with Crippen molar-refractivity contribution in [1.29, 1.82) is 0 Å². The van der Waals surface area contributed by atoms with Gasteiger partial charge in [-0.15, -0.1) is 11.3 Å². The van der Waals surface area contributed by atoms with Crippen LogP contribution in [0.4, 0.5) is 4.39 Å². The number of rotatable bonds is 4. The number of nitrogens with one attached hydrogen (secondary N) is 1. The van der Waals surface area contributed by atoms with Crippen LogP contribution < -0.4 is 5.32 Å². The maximum Gasteiger partial charge on any atom is 0.107 e. The fourth-order valence-electron chi connectivity index (χ4n) is 0.632. The van der Waals surface area contributed by atoms with E-state index in [0.717, 1.165) is 8.79 Å². The summed E-state index contributed by atoms with van der Waals surface area (Å²) in [5.41, 5.74) is 0. The third-order valence-electron chi connectivity index (χ3n) is 1.07. The highest BCUT2D eigenvalue weighted by molar-refractivity contribution is 9.11. The van der Waals surface area contributed by atoms with Gasteiger partial charge in [0.2, 0.25) is 0 Å². The Morgan fingerprint density at radius 2 is 2.55 bits per heavy atom. The minimum Gasteiger partial charge on any atom is -0.308 e. The Morgan fingerprint density at radius 3 is 3.09 bits per heavy atom. The van der Waals surface area contributed by atoms with Crippen molar-refractivity contribution in [2.45, 2.75) is 6.54 Å². The number of hydrogen-bond donors (Lipinski definition) is 1. The monoisotopic (exact) mass is 238 g/mol. The molecule has 0 fully saturated rings. The maximum absolute atomic E-state index is 11.6. The van der Waals surface area contributed by atoms with Gasteiger partial charge in [0, 0.05) is 13.1 Å². The average Bonchev–Trinajstić information content (AvgIpc) is 2.37. The van der Waals surface area contributed by atoms with Crippen molar-refractivity contribution in [1.82, 2.24) is 10.3 Å². The summed E-state index contributed by atoms with van der Waals surface area (Å²) in [6, 6.07) is 0. The van der Waals surface area contributed by atoms with Crippen molar-refractivity contribution < 1.29 is 4.39 Å². The molecule has 0 atom stereocenters. The molecule has 0 spiro atoms. The Labute approximate surface area is 77.0 Å². The average molecular weight is 239 g/mol. The molecule has 0 amide bonds. The summed E-state index contributed by atoms with van der Waals surface area (Å²) in [7, 11) is 0. The number of alkyl halides is 1. The van der Waals surface area contributed by atoms with Crippen LogP contribution in [0.3, 0.4) is 0 Å². The molecular formula is C6H8BrFN2S. The number of aromatic nitrogens is 1. The minimum absolute atomic E-state index is 0.327. The molecule has 1 aromatic rings. The van der Waals surface area contributed by atoms with Gasteiger partial charge in [0.25, 0.3) is 0 Å². The van der Waals surface area contributed by atoms with Gasteiger partial charge in [0.15, 0.2) is 0 Å². The van der Waals surface area contributed by atoms with Crippen LogP contribution in [-0.4, -0.2) is 18.2 Å². The van der Waals surface area contributed by atoms with E-state index in [9.17, 15) is 4.39 Å². The molecule has 0 aliphatic carbocycles. The molecule has 1 rings (SSSR count). The molecule has 0 bridgehead atoms. The second-order valence-electron chi connectivity index (χ2n) is 1.92. The molecule has 0 unspecified atom stereocenters. The van der Waals surface area contributed by atoms with Crippen molar-refractivity contribution in [3.8, 4) is 0 Å². The molecular weight excluding hydrogens is 231 g/mol. The van der Waals surface area contributed by atoms with Gasteiger partial charge in [-0.1, -0.05) is 0 Å². The fraction of sp³-hybridized carbons (Fsp3) is 0.500. The summed E-state index contributed by atoms with van der Waals surface area (Å²) in [4.78, 5) is 4.07. The van der Waals surface area contributed by atoms with E-state index in [-0.39, 0.29) is 6.67 Å². The molecule has 1 N–H and O–H groups in total. The van der Waals surface area contributed by atoms with Crippen molar-refractivity contribution in [3.05, 3.63) is 15.0 Å². The third-order valence-corrected chi connectivity index (χ3v) is 2.55. The van der Waals surface area contributed by atoms with Gasteiger partial charge in [-0.25, -0.2) is 9.37 Å². The normalized spacial score (nSPS) is 10.4. The largest absolute Gasteiger partial charge is 0.308 e. The zero-order valence-electron chi connectivity index (χ0n) is 5.81. The minimum atomic E-state index is -0.327. The summed E-state index contributed by atoms with van der Waals surface area (Å²) in [5.74, 6) is 0. The van der Waals surface area contributed by atoms with Gasteiger partial charge in [0.1, 0.15) is 11.7 Å². The van der Waals surface area contributed by atoms with Gasteiger partial charge >= 0.3 is 0 Å². The second kappa shape index (κ2) is 4.79. The van der Waals surface area contributed by atoms with Crippen LogP contribution in [0.25, 0.3) is 0 Å². The van der Waals surface area contributed by atoms with Crippen molar-refractivity contribution in [3.63, 3.8) is 0 Å². The molecule has 2 nitrogen and oxygen atoms in total. The van der Waals surface area contributed by atoms with Crippen LogP contribution >= 0.6 is 27.3 Å². The van der Waals surface area contributed by atoms with E-state index in [4.69, 9.17) is 0 Å². The third kappa shape index (κ3) is 3.27. The van der Waals surface area contributed by atoms with E-state index >= 15 is 0 Å². The number of thiazole rings is 1. The Morgan fingerprint density at radius 1 is 1.73 bits per heavy atom. The first kappa shape index (κ1) is 9.09. The number of halogens is 2. The lowest BCUT2D eigenvalue weighted by Crippen LogP contribution is -2.15. The lowest BCUT2D eigenvalue weighted by atomic mass is 10.6. The first-order valence-electron chi connectivity index (χ1n) is 3.20. The molecule has 1 heterocycles. The highest BCUT2D eigenvalue weighted by Crippen LogP contribution is 2.18. The van der Waals surface area contributed by atoms with Gasteiger partial charge in [-0.05, 0) is 15.9 Å². The van der Waals surface area contributed by atoms with Gasteiger partial charge in [-0.3, -0.25) is 0 Å². The van der Waals surface area contributed by atoms with E-state index in [2.05, 4.69) is 26.2 Å². The van der Waals surface area contributed by atoms with Crippen LogP contribution in [0.15, 0.2) is 9.98 Å². The molecule has 1 aromatic heterocycles.